The van der Waals surface area contributed by atoms with E-state index in [4.69, 9.17) is 22.6 Å². The number of rotatable bonds is 1. The molecule has 0 aliphatic carbocycles. The van der Waals surface area contributed by atoms with Crippen molar-refractivity contribution in [3.8, 4) is 0 Å². The van der Waals surface area contributed by atoms with Crippen LogP contribution in [0.25, 0.3) is 0 Å². The van der Waals surface area contributed by atoms with Gasteiger partial charge in [-0.3, -0.25) is 5.41 Å². The summed E-state index contributed by atoms with van der Waals surface area (Å²) >= 11 is 0. The molecule has 1 rings (SSSR count). The molecular formula is C8H13ClN4. The molecule has 0 unspecified atom stereocenters. The molecule has 0 spiro atoms. The lowest BCUT2D eigenvalue weighted by Crippen LogP contribution is -2.13. The van der Waals surface area contributed by atoms with Crippen molar-refractivity contribution in [2.45, 2.75) is 6.92 Å². The van der Waals surface area contributed by atoms with Gasteiger partial charge in [0.25, 0.3) is 0 Å². The summed E-state index contributed by atoms with van der Waals surface area (Å²) in [7, 11) is 0. The van der Waals surface area contributed by atoms with Crippen molar-refractivity contribution in [1.82, 2.24) is 0 Å². The van der Waals surface area contributed by atoms with Gasteiger partial charge in [-0.1, -0.05) is 0 Å². The fourth-order valence-electron chi connectivity index (χ4n) is 1.04. The third-order valence-electron chi connectivity index (χ3n) is 1.72. The lowest BCUT2D eigenvalue weighted by atomic mass is 10.1. The first-order chi connectivity index (χ1) is 5.52. The minimum atomic E-state index is 0. The Bertz CT molecular complexity index is 335. The third kappa shape index (κ3) is 2.26. The summed E-state index contributed by atoms with van der Waals surface area (Å²) in [5, 5.41) is 7.22. The molecule has 1 aromatic rings. The van der Waals surface area contributed by atoms with Crippen LogP contribution in [0.2, 0.25) is 0 Å². The van der Waals surface area contributed by atoms with E-state index in [9.17, 15) is 0 Å². The van der Waals surface area contributed by atoms with E-state index in [1.807, 2.05) is 6.92 Å². The highest BCUT2D eigenvalue weighted by atomic mass is 35.5. The molecule has 0 aliphatic rings. The molecule has 4 nitrogen and oxygen atoms in total. The minimum absolute atomic E-state index is 0. The van der Waals surface area contributed by atoms with Crippen LogP contribution < -0.4 is 17.2 Å². The van der Waals surface area contributed by atoms with Gasteiger partial charge in [0.05, 0.1) is 11.4 Å². The van der Waals surface area contributed by atoms with Gasteiger partial charge in [0.1, 0.15) is 5.84 Å². The van der Waals surface area contributed by atoms with Crippen molar-refractivity contribution in [2.75, 3.05) is 11.5 Å². The average molecular weight is 201 g/mol. The summed E-state index contributed by atoms with van der Waals surface area (Å²) in [4.78, 5) is 0. The number of nitrogens with two attached hydrogens (primary N) is 3. The Morgan fingerprint density at radius 1 is 1.23 bits per heavy atom. The second kappa shape index (κ2) is 4.00. The first-order valence-electron chi connectivity index (χ1n) is 3.52. The lowest BCUT2D eigenvalue weighted by Gasteiger charge is -2.07. The molecule has 0 aliphatic heterocycles. The van der Waals surface area contributed by atoms with E-state index in [1.165, 1.54) is 0 Å². The average Bonchev–Trinajstić information content (AvgIpc) is 1.96. The van der Waals surface area contributed by atoms with Crippen LogP contribution in [0.15, 0.2) is 12.1 Å². The van der Waals surface area contributed by atoms with Gasteiger partial charge in [-0.05, 0) is 24.6 Å². The van der Waals surface area contributed by atoms with E-state index in [0.29, 0.717) is 16.9 Å². The molecule has 0 fully saturated rings. The number of hydrogen-bond acceptors (Lipinski definition) is 3. The highest BCUT2D eigenvalue weighted by Crippen LogP contribution is 2.19. The number of hydrogen-bond donors (Lipinski definition) is 4. The first kappa shape index (κ1) is 11.6. The maximum absolute atomic E-state index is 7.22. The van der Waals surface area contributed by atoms with Crippen molar-refractivity contribution >= 4 is 29.6 Å². The second-order valence-electron chi connectivity index (χ2n) is 2.71. The van der Waals surface area contributed by atoms with Crippen molar-refractivity contribution in [3.63, 3.8) is 0 Å². The molecule has 0 atom stereocenters. The van der Waals surface area contributed by atoms with Gasteiger partial charge < -0.3 is 17.2 Å². The number of anilines is 2. The Morgan fingerprint density at radius 3 is 2.15 bits per heavy atom. The first-order valence-corrected chi connectivity index (χ1v) is 3.52. The van der Waals surface area contributed by atoms with Crippen LogP contribution in [0.4, 0.5) is 11.4 Å². The normalized spacial score (nSPS) is 9.00. The van der Waals surface area contributed by atoms with Crippen LogP contribution >= 0.6 is 12.4 Å². The van der Waals surface area contributed by atoms with Crippen molar-refractivity contribution in [1.29, 1.82) is 5.41 Å². The third-order valence-corrected chi connectivity index (χ3v) is 1.72. The minimum Gasteiger partial charge on any atom is -0.397 e. The van der Waals surface area contributed by atoms with Crippen LogP contribution in [0.1, 0.15) is 11.1 Å². The highest BCUT2D eigenvalue weighted by molar-refractivity contribution is 5.98. The van der Waals surface area contributed by atoms with Crippen LogP contribution in [0.5, 0.6) is 0 Å². The summed E-state index contributed by atoms with van der Waals surface area (Å²) in [5.41, 5.74) is 18.9. The van der Waals surface area contributed by atoms with Crippen LogP contribution in [0.3, 0.4) is 0 Å². The second-order valence-corrected chi connectivity index (χ2v) is 2.71. The largest absolute Gasteiger partial charge is 0.397 e. The van der Waals surface area contributed by atoms with Crippen LogP contribution in [0, 0.1) is 12.3 Å². The predicted octanol–water partition coefficient (Wildman–Crippen LogP) is 0.865. The van der Waals surface area contributed by atoms with E-state index in [0.717, 1.165) is 5.56 Å². The van der Waals surface area contributed by atoms with Crippen LogP contribution in [-0.4, -0.2) is 5.84 Å². The Hall–Kier alpha value is -1.42. The summed E-state index contributed by atoms with van der Waals surface area (Å²) in [6.45, 7) is 1.84. The van der Waals surface area contributed by atoms with Crippen LogP contribution in [-0.2, 0) is 0 Å². The molecule has 1 aromatic carbocycles. The smallest absolute Gasteiger partial charge is 0.123 e. The molecule has 13 heavy (non-hydrogen) atoms. The number of nitrogen functional groups attached to an aromatic ring is 3. The molecule has 0 bridgehead atoms. The maximum Gasteiger partial charge on any atom is 0.123 e. The van der Waals surface area contributed by atoms with Crippen molar-refractivity contribution in [3.05, 3.63) is 23.3 Å². The zero-order valence-corrected chi connectivity index (χ0v) is 8.11. The molecule has 0 saturated heterocycles. The number of nitrogens with one attached hydrogen (secondary N) is 1. The van der Waals surface area contributed by atoms with Gasteiger partial charge in [0.15, 0.2) is 0 Å². The zero-order chi connectivity index (χ0) is 9.30. The van der Waals surface area contributed by atoms with E-state index >= 15 is 0 Å². The number of benzene rings is 1. The van der Waals surface area contributed by atoms with E-state index in [1.54, 1.807) is 12.1 Å². The molecule has 0 amide bonds. The number of amidine groups is 1. The van der Waals surface area contributed by atoms with E-state index in [2.05, 4.69) is 0 Å². The molecule has 72 valence electrons. The van der Waals surface area contributed by atoms with Gasteiger partial charge in [0.2, 0.25) is 0 Å². The van der Waals surface area contributed by atoms with Gasteiger partial charge in [-0.25, -0.2) is 0 Å². The van der Waals surface area contributed by atoms with E-state index < -0.39 is 0 Å². The zero-order valence-electron chi connectivity index (χ0n) is 7.29. The number of aryl methyl sites for hydroxylation is 1. The monoisotopic (exact) mass is 200 g/mol. The van der Waals surface area contributed by atoms with Gasteiger partial charge in [0, 0.05) is 5.56 Å². The molecule has 5 heteroatoms. The maximum atomic E-state index is 7.22. The SMILES string of the molecule is Cc1cc(N)c(N)cc1C(=N)N.Cl. The van der Waals surface area contributed by atoms with Gasteiger partial charge >= 0.3 is 0 Å². The Labute approximate surface area is 83.0 Å². The summed E-state index contributed by atoms with van der Waals surface area (Å²) < 4.78 is 0. The molecule has 7 N–H and O–H groups in total. The van der Waals surface area contributed by atoms with Crippen molar-refractivity contribution in [2.24, 2.45) is 5.73 Å². The summed E-state index contributed by atoms with van der Waals surface area (Å²) in [6, 6.07) is 3.33. The Balaban J connectivity index is 0.00000144. The molecule has 0 heterocycles. The Morgan fingerprint density at radius 2 is 1.69 bits per heavy atom. The standard InChI is InChI=1S/C8H12N4.ClH/c1-4-2-6(9)7(10)3-5(4)8(11)12;/h2-3H,9-10H2,1H3,(H3,11,12);1H. The van der Waals surface area contributed by atoms with Gasteiger partial charge in [-0.15, -0.1) is 12.4 Å². The summed E-state index contributed by atoms with van der Waals surface area (Å²) in [5.74, 6) is 0.0131. The number of halogens is 1. The highest BCUT2D eigenvalue weighted by Gasteiger charge is 2.04. The molecular weight excluding hydrogens is 188 g/mol. The fourth-order valence-corrected chi connectivity index (χ4v) is 1.04. The van der Waals surface area contributed by atoms with Crippen molar-refractivity contribution < 1.29 is 0 Å². The quantitative estimate of drug-likeness (QED) is 0.307. The van der Waals surface area contributed by atoms with E-state index in [-0.39, 0.29) is 18.2 Å². The van der Waals surface area contributed by atoms with Gasteiger partial charge in [-0.2, -0.15) is 0 Å². The molecule has 0 saturated carbocycles. The topological polar surface area (TPSA) is 102 Å². The predicted molar refractivity (Wildman–Crippen MR) is 58.3 cm³/mol. The molecule has 0 aromatic heterocycles. The lowest BCUT2D eigenvalue weighted by molar-refractivity contribution is 1.37. The molecule has 0 radical (unpaired) electrons. The Kier molecular flexibility index (Phi) is 3.56. The fraction of sp³-hybridized carbons (Fsp3) is 0.125. The summed E-state index contributed by atoms with van der Waals surface area (Å²) in [6.07, 6.45) is 0.